The monoisotopic (exact) mass is 358 g/mol. The highest BCUT2D eigenvalue weighted by Gasteiger charge is 2.17. The number of nitrogens with zero attached hydrogens (tertiary/aromatic N) is 9. The first kappa shape index (κ1) is 16.3. The lowest BCUT2D eigenvalue weighted by Crippen LogP contribution is -2.36. The summed E-state index contributed by atoms with van der Waals surface area (Å²) >= 11 is 0. The molecule has 0 aliphatic carbocycles. The van der Waals surface area contributed by atoms with Gasteiger partial charge in [0.25, 0.3) is 0 Å². The van der Waals surface area contributed by atoms with Gasteiger partial charge in [0.15, 0.2) is 5.65 Å². The normalized spacial score (nSPS) is 14.7. The van der Waals surface area contributed by atoms with Crippen molar-refractivity contribution in [1.82, 2.24) is 45.3 Å². The summed E-state index contributed by atoms with van der Waals surface area (Å²) in [5, 5.41) is 18.7. The van der Waals surface area contributed by atoms with Gasteiger partial charge in [-0.05, 0) is 10.4 Å². The van der Waals surface area contributed by atoms with Crippen LogP contribution in [0.2, 0.25) is 0 Å². The molecule has 1 N–H and O–H groups in total. The van der Waals surface area contributed by atoms with Crippen molar-refractivity contribution < 1.29 is 9.53 Å². The van der Waals surface area contributed by atoms with Gasteiger partial charge >= 0.3 is 0 Å². The molecule has 3 aromatic heterocycles. The zero-order valence-corrected chi connectivity index (χ0v) is 14.0. The van der Waals surface area contributed by atoms with Gasteiger partial charge in [0.2, 0.25) is 5.91 Å². The van der Waals surface area contributed by atoms with Gasteiger partial charge < -0.3 is 15.0 Å². The summed E-state index contributed by atoms with van der Waals surface area (Å²) in [7, 11) is 0. The molecule has 4 rings (SSSR count). The molecule has 0 saturated carbocycles. The number of aromatic nitrogens is 8. The predicted molar refractivity (Wildman–Crippen MR) is 89.2 cm³/mol. The van der Waals surface area contributed by atoms with E-state index in [4.69, 9.17) is 4.74 Å². The van der Waals surface area contributed by atoms with Crippen molar-refractivity contribution >= 4 is 22.8 Å². The summed E-state index contributed by atoms with van der Waals surface area (Å²) in [5.74, 6) is 0.699. The second-order valence-electron chi connectivity index (χ2n) is 5.76. The first-order chi connectivity index (χ1) is 12.8. The zero-order valence-electron chi connectivity index (χ0n) is 14.0. The number of carbonyl (C=O) groups is 1. The standard InChI is InChI=1S/C14H18N10O2/c25-12(8-23-10-18-20-21-23)15-1-2-24-14-11(7-19-24)13(16-9-17-14)22-3-5-26-6-4-22/h7,9-10H,1-6,8H2,(H,15,25). The van der Waals surface area contributed by atoms with Crippen LogP contribution >= 0.6 is 0 Å². The maximum absolute atomic E-state index is 11.9. The van der Waals surface area contributed by atoms with E-state index in [0.717, 1.165) is 29.9 Å². The molecule has 0 unspecified atom stereocenters. The second kappa shape index (κ2) is 7.39. The van der Waals surface area contributed by atoms with Crippen LogP contribution in [0.4, 0.5) is 5.82 Å². The molecule has 26 heavy (non-hydrogen) atoms. The highest BCUT2D eigenvalue weighted by Crippen LogP contribution is 2.23. The fourth-order valence-electron chi connectivity index (χ4n) is 2.83. The van der Waals surface area contributed by atoms with Crippen LogP contribution in [0.15, 0.2) is 18.9 Å². The van der Waals surface area contributed by atoms with Gasteiger partial charge in [-0.1, -0.05) is 0 Å². The molecule has 0 aromatic carbocycles. The Balaban J connectivity index is 1.40. The fraction of sp³-hybridized carbons (Fsp3) is 0.500. The van der Waals surface area contributed by atoms with Crippen LogP contribution in [0.5, 0.6) is 0 Å². The first-order valence-corrected chi connectivity index (χ1v) is 8.28. The van der Waals surface area contributed by atoms with Crippen molar-refractivity contribution in [3.63, 3.8) is 0 Å². The summed E-state index contributed by atoms with van der Waals surface area (Å²) in [4.78, 5) is 22.8. The first-order valence-electron chi connectivity index (χ1n) is 8.28. The van der Waals surface area contributed by atoms with Crippen LogP contribution in [0.25, 0.3) is 11.0 Å². The summed E-state index contributed by atoms with van der Waals surface area (Å²) in [6.45, 7) is 3.98. The number of amides is 1. The molecule has 1 aliphatic heterocycles. The number of nitrogens with one attached hydrogen (secondary N) is 1. The lowest BCUT2D eigenvalue weighted by molar-refractivity contribution is -0.121. The third-order valence-corrected chi connectivity index (χ3v) is 4.07. The van der Waals surface area contributed by atoms with Crippen LogP contribution in [-0.2, 0) is 22.6 Å². The maximum atomic E-state index is 11.9. The molecule has 0 radical (unpaired) electrons. The number of tetrazole rings is 1. The Kier molecular flexibility index (Phi) is 4.64. The number of rotatable bonds is 6. The van der Waals surface area contributed by atoms with Crippen LogP contribution in [0, 0.1) is 0 Å². The van der Waals surface area contributed by atoms with E-state index in [2.05, 4.69) is 40.8 Å². The Labute approximate surface area is 148 Å². The van der Waals surface area contributed by atoms with Crippen LogP contribution in [-0.4, -0.2) is 78.7 Å². The average molecular weight is 358 g/mol. The Bertz CT molecular complexity index is 871. The van der Waals surface area contributed by atoms with Gasteiger partial charge in [-0.25, -0.2) is 19.3 Å². The molecule has 12 nitrogen and oxygen atoms in total. The van der Waals surface area contributed by atoms with Crippen molar-refractivity contribution in [2.24, 2.45) is 0 Å². The van der Waals surface area contributed by atoms with E-state index in [-0.39, 0.29) is 12.5 Å². The molecule has 1 saturated heterocycles. The fourth-order valence-corrected chi connectivity index (χ4v) is 2.83. The highest BCUT2D eigenvalue weighted by molar-refractivity contribution is 5.86. The molecule has 4 heterocycles. The Morgan fingerprint density at radius 1 is 1.27 bits per heavy atom. The molecular formula is C14H18N10O2. The Hall–Kier alpha value is -3.15. The SMILES string of the molecule is O=C(Cn1cnnn1)NCCn1ncc2c(N3CCOCC3)ncnc21. The van der Waals surface area contributed by atoms with Gasteiger partial charge in [0.1, 0.15) is 25.0 Å². The molecule has 136 valence electrons. The molecule has 1 aliphatic rings. The van der Waals surface area contributed by atoms with Crippen molar-refractivity contribution in [1.29, 1.82) is 0 Å². The van der Waals surface area contributed by atoms with Gasteiger partial charge in [-0.2, -0.15) is 5.10 Å². The molecule has 12 heteroatoms. The van der Waals surface area contributed by atoms with Gasteiger partial charge in [-0.3, -0.25) is 4.79 Å². The number of anilines is 1. The van der Waals surface area contributed by atoms with Crippen molar-refractivity contribution in [2.75, 3.05) is 37.7 Å². The number of ether oxygens (including phenoxy) is 1. The van der Waals surface area contributed by atoms with Crippen molar-refractivity contribution in [3.8, 4) is 0 Å². The minimum Gasteiger partial charge on any atom is -0.378 e. The largest absolute Gasteiger partial charge is 0.378 e. The van der Waals surface area contributed by atoms with E-state index in [1.807, 2.05) is 0 Å². The van der Waals surface area contributed by atoms with Crippen molar-refractivity contribution in [3.05, 3.63) is 18.9 Å². The Morgan fingerprint density at radius 3 is 2.96 bits per heavy atom. The van der Waals surface area contributed by atoms with Crippen LogP contribution in [0.3, 0.4) is 0 Å². The summed E-state index contributed by atoms with van der Waals surface area (Å²) in [6, 6.07) is 0. The highest BCUT2D eigenvalue weighted by atomic mass is 16.5. The molecule has 1 fully saturated rings. The summed E-state index contributed by atoms with van der Waals surface area (Å²) in [6.07, 6.45) is 4.70. The average Bonchev–Trinajstić information content (AvgIpc) is 3.32. The minimum absolute atomic E-state index is 0.0796. The number of carbonyl (C=O) groups excluding carboxylic acids is 1. The number of morpholine rings is 1. The third-order valence-electron chi connectivity index (χ3n) is 4.07. The van der Waals surface area contributed by atoms with Gasteiger partial charge in [-0.15, -0.1) is 5.10 Å². The minimum atomic E-state index is -0.169. The van der Waals surface area contributed by atoms with E-state index in [1.165, 1.54) is 11.0 Å². The smallest absolute Gasteiger partial charge is 0.241 e. The molecule has 3 aromatic rings. The molecule has 0 bridgehead atoms. The van der Waals surface area contributed by atoms with Crippen LogP contribution in [0.1, 0.15) is 0 Å². The van der Waals surface area contributed by atoms with Gasteiger partial charge in [0.05, 0.1) is 31.3 Å². The zero-order chi connectivity index (χ0) is 17.8. The van der Waals surface area contributed by atoms with E-state index in [1.54, 1.807) is 17.2 Å². The Morgan fingerprint density at radius 2 is 2.15 bits per heavy atom. The number of fused-ring (bicyclic) bond motifs is 1. The van der Waals surface area contributed by atoms with E-state index in [0.29, 0.717) is 26.3 Å². The van der Waals surface area contributed by atoms with Crippen LogP contribution < -0.4 is 10.2 Å². The lowest BCUT2D eigenvalue weighted by atomic mass is 10.3. The third kappa shape index (κ3) is 3.44. The molecule has 1 amide bonds. The number of hydrogen-bond acceptors (Lipinski definition) is 9. The summed E-state index contributed by atoms with van der Waals surface area (Å²) in [5.41, 5.74) is 0.746. The summed E-state index contributed by atoms with van der Waals surface area (Å²) < 4.78 is 8.52. The topological polar surface area (TPSA) is 129 Å². The number of hydrogen-bond donors (Lipinski definition) is 1. The molecule has 0 spiro atoms. The molecular weight excluding hydrogens is 340 g/mol. The lowest BCUT2D eigenvalue weighted by Gasteiger charge is -2.27. The van der Waals surface area contributed by atoms with Crippen molar-refractivity contribution in [2.45, 2.75) is 13.1 Å². The second-order valence-corrected chi connectivity index (χ2v) is 5.76. The van der Waals surface area contributed by atoms with E-state index < -0.39 is 0 Å². The van der Waals surface area contributed by atoms with E-state index >= 15 is 0 Å². The van der Waals surface area contributed by atoms with E-state index in [9.17, 15) is 4.79 Å². The predicted octanol–water partition coefficient (Wildman–Crippen LogP) is -1.53. The van der Waals surface area contributed by atoms with Gasteiger partial charge in [0, 0.05) is 19.6 Å². The quantitative estimate of drug-likeness (QED) is 0.557. The maximum Gasteiger partial charge on any atom is 0.241 e. The molecule has 0 atom stereocenters.